The van der Waals surface area contributed by atoms with Crippen LogP contribution >= 0.6 is 11.6 Å². The molecule has 1 amide bonds. The molecule has 0 saturated heterocycles. The predicted octanol–water partition coefficient (Wildman–Crippen LogP) is 6.51. The lowest BCUT2D eigenvalue weighted by Crippen LogP contribution is -2.13. The quantitative estimate of drug-likeness (QED) is 0.403. The summed E-state index contributed by atoms with van der Waals surface area (Å²) in [6, 6.07) is 22.8. The van der Waals surface area contributed by atoms with Crippen LogP contribution in [0, 0.1) is 6.92 Å². The maximum absolute atomic E-state index is 12.9. The molecule has 1 N–H and O–H groups in total. The fourth-order valence-corrected chi connectivity index (χ4v) is 3.48. The van der Waals surface area contributed by atoms with Gasteiger partial charge in [-0.3, -0.25) is 4.79 Å². The van der Waals surface area contributed by atoms with Gasteiger partial charge in [-0.25, -0.2) is 4.98 Å². The van der Waals surface area contributed by atoms with Gasteiger partial charge in [-0.05, 0) is 49.7 Å². The number of anilines is 1. The highest BCUT2D eigenvalue weighted by Gasteiger charge is 2.14. The molecule has 0 bridgehead atoms. The smallest absolute Gasteiger partial charge is 0.255 e. The molecule has 5 heteroatoms. The first-order valence-corrected chi connectivity index (χ1v) is 10.1. The Morgan fingerprint density at radius 3 is 2.60 bits per heavy atom. The van der Waals surface area contributed by atoms with Crippen LogP contribution in [0.15, 0.2) is 72.8 Å². The number of rotatable bonds is 5. The molecule has 4 aromatic rings. The van der Waals surface area contributed by atoms with E-state index in [1.165, 1.54) is 0 Å². The fraction of sp³-hybridized carbons (Fsp3) is 0.120. The van der Waals surface area contributed by atoms with Gasteiger partial charge >= 0.3 is 0 Å². The van der Waals surface area contributed by atoms with Crippen molar-refractivity contribution in [3.63, 3.8) is 0 Å². The van der Waals surface area contributed by atoms with Gasteiger partial charge in [-0.2, -0.15) is 0 Å². The van der Waals surface area contributed by atoms with Crippen LogP contribution in [0.5, 0.6) is 5.75 Å². The zero-order valence-electron chi connectivity index (χ0n) is 16.8. The second-order valence-electron chi connectivity index (χ2n) is 6.90. The van der Waals surface area contributed by atoms with Gasteiger partial charge in [-0.15, -0.1) is 0 Å². The molecule has 1 aromatic heterocycles. The van der Waals surface area contributed by atoms with Crippen molar-refractivity contribution < 1.29 is 9.53 Å². The van der Waals surface area contributed by atoms with Crippen molar-refractivity contribution >= 4 is 34.1 Å². The number of hydrogen-bond acceptors (Lipinski definition) is 3. The van der Waals surface area contributed by atoms with E-state index in [0.717, 1.165) is 27.7 Å². The van der Waals surface area contributed by atoms with E-state index >= 15 is 0 Å². The minimum atomic E-state index is -0.211. The maximum atomic E-state index is 12.9. The monoisotopic (exact) mass is 416 g/mol. The topological polar surface area (TPSA) is 51.2 Å². The van der Waals surface area contributed by atoms with Crippen molar-refractivity contribution in [1.82, 2.24) is 4.98 Å². The Balaban J connectivity index is 1.73. The summed E-state index contributed by atoms with van der Waals surface area (Å²) in [5.74, 6) is 0.492. The number of ether oxygens (including phenoxy) is 1. The van der Waals surface area contributed by atoms with Gasteiger partial charge in [0.15, 0.2) is 0 Å². The molecule has 0 aliphatic carbocycles. The van der Waals surface area contributed by atoms with Gasteiger partial charge in [0.05, 0.1) is 17.8 Å². The highest BCUT2D eigenvalue weighted by Crippen LogP contribution is 2.31. The number of carbonyl (C=O) groups excluding carboxylic acids is 1. The van der Waals surface area contributed by atoms with Crippen molar-refractivity contribution in [2.45, 2.75) is 13.8 Å². The summed E-state index contributed by atoms with van der Waals surface area (Å²) in [6.07, 6.45) is 0. The Morgan fingerprint density at radius 1 is 1.03 bits per heavy atom. The highest BCUT2D eigenvalue weighted by molar-refractivity contribution is 6.31. The molecular formula is C25H21ClN2O2. The standard InChI is InChI=1S/C25H21ClN2O2/c1-3-30-24-15-23(17-8-5-4-6-9-17)27-22-13-12-18(14-19(22)24)25(29)28-21-11-7-10-20(26)16(21)2/h4-15H,3H2,1-2H3,(H,28,29). The maximum Gasteiger partial charge on any atom is 0.255 e. The normalized spacial score (nSPS) is 10.8. The summed E-state index contributed by atoms with van der Waals surface area (Å²) in [6.45, 7) is 4.33. The van der Waals surface area contributed by atoms with E-state index < -0.39 is 0 Å². The second-order valence-corrected chi connectivity index (χ2v) is 7.31. The van der Waals surface area contributed by atoms with Crippen molar-refractivity contribution in [1.29, 1.82) is 0 Å². The molecule has 0 unspecified atom stereocenters. The van der Waals surface area contributed by atoms with E-state index in [0.29, 0.717) is 28.6 Å². The van der Waals surface area contributed by atoms with Crippen LogP contribution in [0.25, 0.3) is 22.2 Å². The molecule has 0 aliphatic heterocycles. The lowest BCUT2D eigenvalue weighted by Gasteiger charge is -2.13. The second kappa shape index (κ2) is 8.56. The summed E-state index contributed by atoms with van der Waals surface area (Å²) < 4.78 is 5.88. The van der Waals surface area contributed by atoms with E-state index in [1.54, 1.807) is 12.1 Å². The number of amides is 1. The Hall–Kier alpha value is -3.37. The summed E-state index contributed by atoms with van der Waals surface area (Å²) >= 11 is 6.17. The molecule has 0 aliphatic rings. The van der Waals surface area contributed by atoms with Gasteiger partial charge in [0.1, 0.15) is 5.75 Å². The van der Waals surface area contributed by atoms with Crippen LogP contribution in [0.2, 0.25) is 5.02 Å². The van der Waals surface area contributed by atoms with Crippen LogP contribution in [0.3, 0.4) is 0 Å². The molecule has 150 valence electrons. The van der Waals surface area contributed by atoms with Crippen LogP contribution in [-0.2, 0) is 0 Å². The largest absolute Gasteiger partial charge is 0.493 e. The molecule has 30 heavy (non-hydrogen) atoms. The van der Waals surface area contributed by atoms with Crippen LogP contribution in [0.4, 0.5) is 5.69 Å². The number of halogens is 1. The number of benzene rings is 3. The number of fused-ring (bicyclic) bond motifs is 1. The molecular weight excluding hydrogens is 396 g/mol. The van der Waals surface area contributed by atoms with Crippen LogP contribution < -0.4 is 10.1 Å². The number of carbonyl (C=O) groups is 1. The summed E-state index contributed by atoms with van der Waals surface area (Å²) in [7, 11) is 0. The Morgan fingerprint density at radius 2 is 1.83 bits per heavy atom. The third-order valence-corrected chi connectivity index (χ3v) is 5.33. The number of nitrogens with one attached hydrogen (secondary N) is 1. The van der Waals surface area contributed by atoms with Crippen molar-refractivity contribution in [2.75, 3.05) is 11.9 Å². The predicted molar refractivity (Wildman–Crippen MR) is 122 cm³/mol. The summed E-state index contributed by atoms with van der Waals surface area (Å²) in [5.41, 5.74) is 4.66. The van der Waals surface area contributed by atoms with E-state index in [2.05, 4.69) is 5.32 Å². The average Bonchev–Trinajstić information content (AvgIpc) is 2.77. The Labute approximate surface area is 180 Å². The Kier molecular flexibility index (Phi) is 5.68. The number of hydrogen-bond donors (Lipinski definition) is 1. The van der Waals surface area contributed by atoms with Gasteiger partial charge in [-0.1, -0.05) is 48.0 Å². The Bertz CT molecular complexity index is 1220. The third-order valence-electron chi connectivity index (χ3n) is 4.92. The van der Waals surface area contributed by atoms with Crippen molar-refractivity contribution in [3.8, 4) is 17.0 Å². The van der Waals surface area contributed by atoms with E-state index in [4.69, 9.17) is 21.3 Å². The fourth-order valence-electron chi connectivity index (χ4n) is 3.31. The van der Waals surface area contributed by atoms with Gasteiger partial charge in [0.2, 0.25) is 0 Å². The molecule has 0 atom stereocenters. The molecule has 1 heterocycles. The highest BCUT2D eigenvalue weighted by atomic mass is 35.5. The number of nitrogens with zero attached hydrogens (tertiary/aromatic N) is 1. The van der Waals surface area contributed by atoms with Crippen LogP contribution in [0.1, 0.15) is 22.8 Å². The molecule has 0 radical (unpaired) electrons. The average molecular weight is 417 g/mol. The van der Waals surface area contributed by atoms with Crippen LogP contribution in [-0.4, -0.2) is 17.5 Å². The van der Waals surface area contributed by atoms with Gasteiger partial charge < -0.3 is 10.1 Å². The van der Waals surface area contributed by atoms with Gasteiger partial charge in [0, 0.05) is 33.3 Å². The minimum absolute atomic E-state index is 0.211. The molecule has 4 nitrogen and oxygen atoms in total. The third kappa shape index (κ3) is 4.00. The van der Waals surface area contributed by atoms with Crippen molar-refractivity contribution in [2.24, 2.45) is 0 Å². The molecule has 0 saturated carbocycles. The zero-order valence-corrected chi connectivity index (χ0v) is 17.5. The molecule has 4 rings (SSSR count). The van der Waals surface area contributed by atoms with Gasteiger partial charge in [0.25, 0.3) is 5.91 Å². The molecule has 0 fully saturated rings. The van der Waals surface area contributed by atoms with E-state index in [-0.39, 0.29) is 5.91 Å². The number of aromatic nitrogens is 1. The summed E-state index contributed by atoms with van der Waals surface area (Å²) in [4.78, 5) is 17.6. The van der Waals surface area contributed by atoms with E-state index in [1.807, 2.05) is 74.5 Å². The first-order chi connectivity index (χ1) is 14.6. The lowest BCUT2D eigenvalue weighted by atomic mass is 10.1. The van der Waals surface area contributed by atoms with Crippen molar-refractivity contribution in [3.05, 3.63) is 88.9 Å². The first-order valence-electron chi connectivity index (χ1n) is 9.76. The summed E-state index contributed by atoms with van der Waals surface area (Å²) in [5, 5.41) is 4.35. The lowest BCUT2D eigenvalue weighted by molar-refractivity contribution is 0.102. The SMILES string of the molecule is CCOc1cc(-c2ccccc2)nc2ccc(C(=O)Nc3cccc(Cl)c3C)cc12. The number of pyridine rings is 1. The molecule has 3 aromatic carbocycles. The molecule has 0 spiro atoms. The van der Waals surface area contributed by atoms with E-state index in [9.17, 15) is 4.79 Å². The first kappa shape index (κ1) is 19.9. The zero-order chi connectivity index (χ0) is 21.1. The minimum Gasteiger partial charge on any atom is -0.493 e.